The molecule has 3 aromatic rings. The van der Waals surface area contributed by atoms with Crippen LogP contribution in [0, 0.1) is 12.8 Å². The minimum Gasteiger partial charge on any atom is -0.438 e. The van der Waals surface area contributed by atoms with E-state index in [4.69, 9.17) is 8.84 Å². The number of hydrogen-bond acceptors (Lipinski definition) is 8. The summed E-state index contributed by atoms with van der Waals surface area (Å²) in [6.07, 6.45) is -5.19. The largest absolute Gasteiger partial charge is 0.438 e. The van der Waals surface area contributed by atoms with Gasteiger partial charge in [-0.15, -0.1) is 0 Å². The van der Waals surface area contributed by atoms with Gasteiger partial charge in [0.1, 0.15) is 23.3 Å². The molecule has 1 aliphatic heterocycles. The van der Waals surface area contributed by atoms with Gasteiger partial charge < -0.3 is 24.4 Å². The smallest absolute Gasteiger partial charge is 0.410 e. The first-order chi connectivity index (χ1) is 21.8. The molecular weight excluding hydrogens is 647 g/mol. The number of urea groups is 1. The fraction of sp³-hybridized carbons (Fsp3) is 0.633. The molecule has 2 aliphatic rings. The second-order valence-corrected chi connectivity index (χ2v) is 18.7. The van der Waals surface area contributed by atoms with Crippen molar-refractivity contribution in [2.24, 2.45) is 5.92 Å². The lowest BCUT2D eigenvalue weighted by molar-refractivity contribution is -0.150. The zero-order valence-corrected chi connectivity index (χ0v) is 28.0. The highest BCUT2D eigenvalue weighted by molar-refractivity contribution is 6.74. The first-order valence-electron chi connectivity index (χ1n) is 15.4. The summed E-state index contributed by atoms with van der Waals surface area (Å²) < 4.78 is 86.1. The summed E-state index contributed by atoms with van der Waals surface area (Å²) in [7, 11) is -2.39. The van der Waals surface area contributed by atoms with Crippen molar-refractivity contribution in [3.8, 4) is 0 Å². The van der Waals surface area contributed by atoms with Gasteiger partial charge >= 0.3 is 12.2 Å². The average molecular weight is 687 g/mol. The van der Waals surface area contributed by atoms with Gasteiger partial charge in [-0.3, -0.25) is 4.79 Å². The highest BCUT2D eigenvalue weighted by Crippen LogP contribution is 2.43. The normalized spacial score (nSPS) is 20.8. The Morgan fingerprint density at radius 2 is 1.87 bits per heavy atom. The molecule has 1 aliphatic carbocycles. The van der Waals surface area contributed by atoms with Gasteiger partial charge in [-0.1, -0.05) is 32.0 Å². The molecule has 0 spiro atoms. The summed E-state index contributed by atoms with van der Waals surface area (Å²) in [5, 5.41) is 11.9. The molecule has 0 unspecified atom stereocenters. The lowest BCUT2D eigenvalue weighted by atomic mass is 9.82. The van der Waals surface area contributed by atoms with Crippen molar-refractivity contribution >= 4 is 31.4 Å². The number of oxazole rings is 1. The minimum absolute atomic E-state index is 0.0508. The van der Waals surface area contributed by atoms with Gasteiger partial charge in [-0.25, -0.2) is 23.2 Å². The highest BCUT2D eigenvalue weighted by atomic mass is 28.4. The Morgan fingerprint density at radius 1 is 1.19 bits per heavy atom. The Morgan fingerprint density at radius 3 is 2.45 bits per heavy atom. The van der Waals surface area contributed by atoms with Crippen LogP contribution in [-0.4, -0.2) is 71.7 Å². The maximum Gasteiger partial charge on any atom is 0.410 e. The number of carbonyl (C=O) groups excluding carboxylic acids is 2. The molecule has 2 aromatic heterocycles. The summed E-state index contributed by atoms with van der Waals surface area (Å²) in [5.41, 5.74) is 1.24. The maximum absolute atomic E-state index is 14.1. The topological polar surface area (TPSA) is 136 Å². The number of fused-ring (bicyclic) bond motifs is 1. The summed E-state index contributed by atoms with van der Waals surface area (Å²) in [4.78, 5) is 31.7. The lowest BCUT2D eigenvalue weighted by Crippen LogP contribution is -2.44. The molecule has 0 radical (unpaired) electrons. The van der Waals surface area contributed by atoms with E-state index in [2.05, 4.69) is 25.2 Å². The monoisotopic (exact) mass is 686 g/mol. The molecule has 1 saturated carbocycles. The number of amides is 3. The second kappa shape index (κ2) is 12.4. The SMILES string of the molecule is Cc1nonc1C(=O)N[C@H](c1nc2cc([C@@H](CO[Si](C)(C)C(C)(C)C)N3C[C@@H](C(F)(F)F)NC3=O)ccc2o1)C1CCC(F)(F)CC1. The van der Waals surface area contributed by atoms with E-state index in [0.29, 0.717) is 16.7 Å². The lowest BCUT2D eigenvalue weighted by Gasteiger charge is -2.38. The number of aromatic nitrogens is 3. The van der Waals surface area contributed by atoms with Crippen LogP contribution >= 0.6 is 0 Å². The number of benzene rings is 1. The van der Waals surface area contributed by atoms with Crippen molar-refractivity contribution in [2.75, 3.05) is 13.2 Å². The van der Waals surface area contributed by atoms with Gasteiger partial charge in [0, 0.05) is 12.8 Å². The zero-order valence-electron chi connectivity index (χ0n) is 27.0. The van der Waals surface area contributed by atoms with Crippen molar-refractivity contribution in [1.82, 2.24) is 30.8 Å². The van der Waals surface area contributed by atoms with Crippen LogP contribution in [0.2, 0.25) is 18.1 Å². The molecule has 2 N–H and O–H groups in total. The van der Waals surface area contributed by atoms with Crippen LogP contribution in [0.15, 0.2) is 27.2 Å². The predicted octanol–water partition coefficient (Wildman–Crippen LogP) is 6.83. The maximum atomic E-state index is 14.1. The standard InChI is InChI=1S/C30H39F5N6O5Si/c1-16-23(40-46-39-16)25(42)38-24(17-9-11-29(31,32)12-10-17)26-36-19-13-18(7-8-21(19)45-26)20(15-44-47(5,6)28(2,3)4)41-14-22(30(33,34)35)37-27(41)43/h7-8,13,17,20,22,24H,9-12,14-15H2,1-6H3,(H,37,43)(H,38,42)/t20-,22+,24+/m1/s1. The third kappa shape index (κ3) is 7.45. The van der Waals surface area contributed by atoms with E-state index in [0.717, 1.165) is 4.90 Å². The van der Waals surface area contributed by atoms with E-state index in [-0.39, 0.29) is 54.6 Å². The van der Waals surface area contributed by atoms with Gasteiger partial charge in [0.15, 0.2) is 19.6 Å². The summed E-state index contributed by atoms with van der Waals surface area (Å²) in [6.45, 7) is 11.0. The Hall–Kier alpha value is -3.60. The molecule has 2 fully saturated rings. The molecule has 0 bridgehead atoms. The van der Waals surface area contributed by atoms with Crippen molar-refractivity contribution in [3.05, 3.63) is 41.0 Å². The Labute approximate surface area is 269 Å². The molecule has 47 heavy (non-hydrogen) atoms. The third-order valence-electron chi connectivity index (χ3n) is 9.58. The molecule has 3 atom stereocenters. The number of alkyl halides is 5. The van der Waals surface area contributed by atoms with Gasteiger partial charge in [0.25, 0.3) is 5.91 Å². The highest BCUT2D eigenvalue weighted by Gasteiger charge is 2.49. The number of carbonyl (C=O) groups is 2. The van der Waals surface area contributed by atoms with Crippen LogP contribution in [0.3, 0.4) is 0 Å². The number of aryl methyl sites for hydroxylation is 1. The molecule has 258 valence electrons. The molecule has 17 heteroatoms. The molecule has 3 heterocycles. The predicted molar refractivity (Wildman–Crippen MR) is 161 cm³/mol. The fourth-order valence-corrected chi connectivity index (χ4v) is 6.62. The quantitative estimate of drug-likeness (QED) is 0.185. The number of rotatable bonds is 9. The summed E-state index contributed by atoms with van der Waals surface area (Å²) >= 11 is 0. The molecular formula is C30H39F5N6O5Si. The first kappa shape index (κ1) is 34.7. The Balaban J connectivity index is 1.49. The van der Waals surface area contributed by atoms with Crippen LogP contribution in [0.1, 0.15) is 86.2 Å². The van der Waals surface area contributed by atoms with Crippen LogP contribution in [0.4, 0.5) is 26.7 Å². The van der Waals surface area contributed by atoms with E-state index in [1.54, 1.807) is 18.2 Å². The number of hydrogen-bond donors (Lipinski definition) is 2. The average Bonchev–Trinajstić information content (AvgIpc) is 3.69. The van der Waals surface area contributed by atoms with Crippen molar-refractivity contribution in [2.45, 2.75) is 102 Å². The fourth-order valence-electron chi connectivity index (χ4n) is 5.61. The van der Waals surface area contributed by atoms with Crippen LogP contribution < -0.4 is 10.6 Å². The van der Waals surface area contributed by atoms with Crippen LogP contribution in [0.5, 0.6) is 0 Å². The van der Waals surface area contributed by atoms with Gasteiger partial charge in [0.2, 0.25) is 11.8 Å². The molecule has 1 aromatic carbocycles. The summed E-state index contributed by atoms with van der Waals surface area (Å²) in [6, 6.07) is 0.116. The molecule has 5 rings (SSSR count). The minimum atomic E-state index is -4.64. The molecule has 1 saturated heterocycles. The van der Waals surface area contributed by atoms with E-state index >= 15 is 0 Å². The summed E-state index contributed by atoms with van der Waals surface area (Å²) in [5.74, 6) is -3.83. The van der Waals surface area contributed by atoms with Gasteiger partial charge in [0.05, 0.1) is 19.2 Å². The van der Waals surface area contributed by atoms with Gasteiger partial charge in [-0.2, -0.15) is 13.2 Å². The Kier molecular flexibility index (Phi) is 9.20. The van der Waals surface area contributed by atoms with Crippen molar-refractivity contribution in [3.63, 3.8) is 0 Å². The van der Waals surface area contributed by atoms with Crippen LogP contribution in [-0.2, 0) is 4.43 Å². The third-order valence-corrected chi connectivity index (χ3v) is 14.1. The van der Waals surface area contributed by atoms with E-state index in [1.165, 1.54) is 6.92 Å². The van der Waals surface area contributed by atoms with E-state index in [1.807, 2.05) is 39.2 Å². The zero-order chi connectivity index (χ0) is 34.5. The van der Waals surface area contributed by atoms with Crippen molar-refractivity contribution in [1.29, 1.82) is 0 Å². The van der Waals surface area contributed by atoms with E-state index < -0.39 is 62.9 Å². The Bertz CT molecular complexity index is 1610. The van der Waals surface area contributed by atoms with E-state index in [9.17, 15) is 31.5 Å². The van der Waals surface area contributed by atoms with Gasteiger partial charge in [-0.05, 0) is 66.7 Å². The number of nitrogens with one attached hydrogen (secondary N) is 2. The number of nitrogens with zero attached hydrogens (tertiary/aromatic N) is 4. The molecule has 11 nitrogen and oxygen atoms in total. The number of halogens is 5. The second-order valence-electron chi connectivity index (χ2n) is 13.9. The first-order valence-corrected chi connectivity index (χ1v) is 18.3. The van der Waals surface area contributed by atoms with Crippen LogP contribution in [0.25, 0.3) is 11.1 Å². The molecule has 3 amide bonds. The van der Waals surface area contributed by atoms with Crippen molar-refractivity contribution < 1.29 is 45.0 Å².